The van der Waals surface area contributed by atoms with Crippen LogP contribution in [0.2, 0.25) is 0 Å². The smallest absolute Gasteiger partial charge is 0.259 e. The molecule has 3 aromatic heterocycles. The number of imidazole rings is 1. The third-order valence-electron chi connectivity index (χ3n) is 4.23. The quantitative estimate of drug-likeness (QED) is 0.790. The standard InChI is InChI=1S/C16H17N5O2S/c1-21-9-18-13-11(2-5-17-14(13)21)15(22)20-16-19-12(8-24-16)10-3-6-23-7-4-10/h2,5,8-10H,3-4,6-7H2,1H3,(H,19,20,22). The Morgan fingerprint density at radius 2 is 2.21 bits per heavy atom. The minimum Gasteiger partial charge on any atom is -0.381 e. The van der Waals surface area contributed by atoms with Gasteiger partial charge in [-0.2, -0.15) is 0 Å². The molecule has 7 nitrogen and oxygen atoms in total. The average molecular weight is 343 g/mol. The topological polar surface area (TPSA) is 81.9 Å². The summed E-state index contributed by atoms with van der Waals surface area (Å²) in [5.41, 5.74) is 2.82. The van der Waals surface area contributed by atoms with Gasteiger partial charge in [0.15, 0.2) is 10.8 Å². The van der Waals surface area contributed by atoms with Crippen LogP contribution in [0.1, 0.15) is 34.8 Å². The number of nitrogens with zero attached hydrogens (tertiary/aromatic N) is 4. The second-order valence-electron chi connectivity index (χ2n) is 5.80. The highest BCUT2D eigenvalue weighted by Gasteiger charge is 2.20. The van der Waals surface area contributed by atoms with Gasteiger partial charge in [-0.05, 0) is 18.9 Å². The maximum Gasteiger partial charge on any atom is 0.259 e. The summed E-state index contributed by atoms with van der Waals surface area (Å²) in [7, 11) is 1.85. The van der Waals surface area contributed by atoms with Gasteiger partial charge in [-0.3, -0.25) is 10.1 Å². The number of hydrogen-bond donors (Lipinski definition) is 1. The lowest BCUT2D eigenvalue weighted by Crippen LogP contribution is -2.15. The molecule has 1 aliphatic rings. The molecule has 1 fully saturated rings. The van der Waals surface area contributed by atoms with Gasteiger partial charge in [0.1, 0.15) is 5.52 Å². The Kier molecular flexibility index (Phi) is 3.99. The molecule has 1 N–H and O–H groups in total. The first-order chi connectivity index (χ1) is 11.7. The predicted molar refractivity (Wildman–Crippen MR) is 91.4 cm³/mol. The molecule has 0 radical (unpaired) electrons. The van der Waals surface area contributed by atoms with E-state index < -0.39 is 0 Å². The summed E-state index contributed by atoms with van der Waals surface area (Å²) in [4.78, 5) is 25.7. The van der Waals surface area contributed by atoms with Crippen LogP contribution >= 0.6 is 11.3 Å². The molecule has 24 heavy (non-hydrogen) atoms. The summed E-state index contributed by atoms with van der Waals surface area (Å²) in [6, 6.07) is 1.68. The zero-order valence-corrected chi connectivity index (χ0v) is 14.0. The SMILES string of the molecule is Cn1cnc2c(C(=O)Nc3nc(C4CCOCC4)cs3)ccnc21. The van der Waals surface area contributed by atoms with Gasteiger partial charge in [-0.1, -0.05) is 0 Å². The number of carbonyl (C=O) groups is 1. The Bertz CT molecular complexity index is 882. The molecular weight excluding hydrogens is 326 g/mol. The Morgan fingerprint density at radius 1 is 1.38 bits per heavy atom. The van der Waals surface area contributed by atoms with Crippen molar-refractivity contribution in [2.45, 2.75) is 18.8 Å². The van der Waals surface area contributed by atoms with Gasteiger partial charge in [-0.15, -0.1) is 11.3 Å². The second kappa shape index (κ2) is 6.29. The molecule has 0 aromatic carbocycles. The number of pyridine rings is 1. The summed E-state index contributed by atoms with van der Waals surface area (Å²) in [5, 5.41) is 5.51. The van der Waals surface area contributed by atoms with Gasteiger partial charge in [-0.25, -0.2) is 15.0 Å². The minimum atomic E-state index is -0.214. The molecule has 1 saturated heterocycles. The molecule has 1 aliphatic heterocycles. The maximum atomic E-state index is 12.6. The van der Waals surface area contributed by atoms with Crippen LogP contribution in [0, 0.1) is 0 Å². The molecule has 1 amide bonds. The third kappa shape index (κ3) is 2.78. The van der Waals surface area contributed by atoms with Crippen molar-refractivity contribution in [3.63, 3.8) is 0 Å². The van der Waals surface area contributed by atoms with Crippen LogP contribution in [0.4, 0.5) is 5.13 Å². The van der Waals surface area contributed by atoms with Gasteiger partial charge in [0.2, 0.25) is 0 Å². The van der Waals surface area contributed by atoms with Crippen LogP contribution in [-0.2, 0) is 11.8 Å². The number of aromatic nitrogens is 4. The number of anilines is 1. The van der Waals surface area contributed by atoms with Gasteiger partial charge in [0.05, 0.1) is 17.6 Å². The number of hydrogen-bond acceptors (Lipinski definition) is 6. The van der Waals surface area contributed by atoms with Crippen LogP contribution in [-0.4, -0.2) is 38.6 Å². The largest absolute Gasteiger partial charge is 0.381 e. The van der Waals surface area contributed by atoms with Crippen LogP contribution in [0.15, 0.2) is 24.0 Å². The molecule has 4 heterocycles. The molecule has 0 aliphatic carbocycles. The molecule has 8 heteroatoms. The number of fused-ring (bicyclic) bond motifs is 1. The Morgan fingerprint density at radius 3 is 3.04 bits per heavy atom. The third-order valence-corrected chi connectivity index (χ3v) is 5.00. The van der Waals surface area contributed by atoms with Crippen LogP contribution in [0.3, 0.4) is 0 Å². The molecule has 3 aromatic rings. The van der Waals surface area contributed by atoms with Crippen molar-refractivity contribution < 1.29 is 9.53 Å². The molecule has 0 atom stereocenters. The number of carbonyl (C=O) groups excluding carboxylic acids is 1. The number of aryl methyl sites for hydroxylation is 1. The summed E-state index contributed by atoms with van der Waals surface area (Å²) in [6.07, 6.45) is 5.24. The van der Waals surface area contributed by atoms with Crippen molar-refractivity contribution in [2.24, 2.45) is 7.05 Å². The second-order valence-corrected chi connectivity index (χ2v) is 6.66. The number of ether oxygens (including phenoxy) is 1. The van der Waals surface area contributed by atoms with E-state index in [1.165, 1.54) is 11.3 Å². The maximum absolute atomic E-state index is 12.6. The fourth-order valence-electron chi connectivity index (χ4n) is 2.90. The molecular formula is C16H17N5O2S. The number of thiazole rings is 1. The lowest BCUT2D eigenvalue weighted by Gasteiger charge is -2.19. The van der Waals surface area contributed by atoms with E-state index in [9.17, 15) is 4.79 Å². The van der Waals surface area contributed by atoms with Crippen LogP contribution in [0.25, 0.3) is 11.2 Å². The summed E-state index contributed by atoms with van der Waals surface area (Å²) in [5.74, 6) is 0.207. The zero-order valence-electron chi connectivity index (χ0n) is 13.2. The van der Waals surface area contributed by atoms with E-state index in [0.29, 0.717) is 27.8 Å². The summed E-state index contributed by atoms with van der Waals surface area (Å²) >= 11 is 1.45. The lowest BCUT2D eigenvalue weighted by atomic mass is 9.98. The Balaban J connectivity index is 1.54. The first-order valence-corrected chi connectivity index (χ1v) is 8.71. The van der Waals surface area contributed by atoms with Gasteiger partial charge in [0, 0.05) is 37.8 Å². The van der Waals surface area contributed by atoms with Crippen molar-refractivity contribution in [1.82, 2.24) is 19.5 Å². The van der Waals surface area contributed by atoms with E-state index >= 15 is 0 Å². The van der Waals surface area contributed by atoms with E-state index in [2.05, 4.69) is 20.3 Å². The molecule has 0 spiro atoms. The van der Waals surface area contributed by atoms with Crippen molar-refractivity contribution in [1.29, 1.82) is 0 Å². The van der Waals surface area contributed by atoms with Gasteiger partial charge < -0.3 is 9.30 Å². The van der Waals surface area contributed by atoms with Crippen molar-refractivity contribution >= 4 is 33.5 Å². The van der Waals surface area contributed by atoms with E-state index in [4.69, 9.17) is 4.74 Å². The minimum absolute atomic E-state index is 0.214. The highest BCUT2D eigenvalue weighted by Crippen LogP contribution is 2.29. The zero-order chi connectivity index (χ0) is 16.5. The van der Waals surface area contributed by atoms with E-state index in [1.54, 1.807) is 23.2 Å². The van der Waals surface area contributed by atoms with Crippen LogP contribution in [0.5, 0.6) is 0 Å². The first-order valence-electron chi connectivity index (χ1n) is 7.83. The van der Waals surface area contributed by atoms with Crippen LogP contribution < -0.4 is 5.32 Å². The average Bonchev–Trinajstić information content (AvgIpc) is 3.23. The van der Waals surface area contributed by atoms with E-state index in [0.717, 1.165) is 31.7 Å². The Hall–Kier alpha value is -2.32. The van der Waals surface area contributed by atoms with E-state index in [1.807, 2.05) is 12.4 Å². The van der Waals surface area contributed by atoms with E-state index in [-0.39, 0.29) is 5.91 Å². The predicted octanol–water partition coefficient (Wildman–Crippen LogP) is 2.57. The molecule has 0 bridgehead atoms. The summed E-state index contributed by atoms with van der Waals surface area (Å²) < 4.78 is 7.17. The number of nitrogens with one attached hydrogen (secondary N) is 1. The Labute approximate surface area is 142 Å². The first kappa shape index (κ1) is 15.2. The van der Waals surface area contributed by atoms with Gasteiger partial charge in [0.25, 0.3) is 5.91 Å². The highest BCUT2D eigenvalue weighted by molar-refractivity contribution is 7.14. The molecule has 0 unspecified atom stereocenters. The monoisotopic (exact) mass is 343 g/mol. The lowest BCUT2D eigenvalue weighted by molar-refractivity contribution is 0.0846. The number of amides is 1. The van der Waals surface area contributed by atoms with Crippen molar-refractivity contribution in [2.75, 3.05) is 18.5 Å². The number of rotatable bonds is 3. The fourth-order valence-corrected chi connectivity index (χ4v) is 3.69. The van der Waals surface area contributed by atoms with Crippen molar-refractivity contribution in [3.8, 4) is 0 Å². The molecule has 0 saturated carbocycles. The molecule has 124 valence electrons. The van der Waals surface area contributed by atoms with Crippen molar-refractivity contribution in [3.05, 3.63) is 35.2 Å². The summed E-state index contributed by atoms with van der Waals surface area (Å²) in [6.45, 7) is 1.55. The van der Waals surface area contributed by atoms with Gasteiger partial charge >= 0.3 is 0 Å². The molecule has 4 rings (SSSR count). The fraction of sp³-hybridized carbons (Fsp3) is 0.375. The highest BCUT2D eigenvalue weighted by atomic mass is 32.1. The normalized spacial score (nSPS) is 15.7.